The van der Waals surface area contributed by atoms with Gasteiger partial charge in [0.1, 0.15) is 0 Å². The minimum absolute atomic E-state index is 0.672. The smallest absolute Gasteiger partial charge is 0.0391 e. The molecule has 82 valence electrons. The van der Waals surface area contributed by atoms with Crippen LogP contribution in [-0.2, 0) is 0 Å². The molecule has 0 atom stereocenters. The Hall–Kier alpha value is -1.24. The Morgan fingerprint density at radius 2 is 2.20 bits per heavy atom. The summed E-state index contributed by atoms with van der Waals surface area (Å²) >= 11 is 0. The van der Waals surface area contributed by atoms with E-state index in [1.165, 1.54) is 12.1 Å². The molecule has 0 heterocycles. The van der Waals surface area contributed by atoms with Gasteiger partial charge in [-0.3, -0.25) is 0 Å². The first-order valence-corrected chi connectivity index (χ1v) is 5.57. The van der Waals surface area contributed by atoms with Crippen LogP contribution in [0.1, 0.15) is 26.7 Å². The van der Waals surface area contributed by atoms with Crippen molar-refractivity contribution in [3.05, 3.63) is 48.2 Å². The first-order valence-electron chi connectivity index (χ1n) is 5.57. The summed E-state index contributed by atoms with van der Waals surface area (Å²) in [6.07, 6.45) is 8.53. The van der Waals surface area contributed by atoms with Gasteiger partial charge in [0, 0.05) is 12.2 Å². The van der Waals surface area contributed by atoms with E-state index in [0.29, 0.717) is 5.92 Å². The lowest BCUT2D eigenvalue weighted by molar-refractivity contribution is 0.677. The Balaban J connectivity index is 2.46. The molecular formula is C14H21N. The van der Waals surface area contributed by atoms with Gasteiger partial charge in [-0.15, -0.1) is 0 Å². The van der Waals surface area contributed by atoms with Gasteiger partial charge in [0.25, 0.3) is 0 Å². The first kappa shape index (κ1) is 11.8. The fourth-order valence-corrected chi connectivity index (χ4v) is 1.58. The van der Waals surface area contributed by atoms with E-state index in [0.717, 1.165) is 18.5 Å². The summed E-state index contributed by atoms with van der Waals surface area (Å²) in [6.45, 7) is 12.9. The third-order valence-corrected chi connectivity index (χ3v) is 2.75. The molecule has 0 aromatic carbocycles. The summed E-state index contributed by atoms with van der Waals surface area (Å²) < 4.78 is 0. The Morgan fingerprint density at radius 1 is 1.47 bits per heavy atom. The van der Waals surface area contributed by atoms with Crippen LogP contribution in [0.2, 0.25) is 0 Å². The molecule has 0 aliphatic heterocycles. The van der Waals surface area contributed by atoms with Gasteiger partial charge in [-0.2, -0.15) is 0 Å². The SMILES string of the molecule is C=CC(=C)CNC1=CC=C(C(C)C)CC1. The topological polar surface area (TPSA) is 12.0 Å². The number of nitrogens with one attached hydrogen (secondary N) is 1. The second kappa shape index (κ2) is 5.59. The fraction of sp³-hybridized carbons (Fsp3) is 0.429. The van der Waals surface area contributed by atoms with E-state index in [-0.39, 0.29) is 0 Å². The Labute approximate surface area is 93.3 Å². The van der Waals surface area contributed by atoms with Crippen LogP contribution in [0.15, 0.2) is 48.2 Å². The molecule has 0 saturated heterocycles. The van der Waals surface area contributed by atoms with E-state index in [1.807, 2.05) is 0 Å². The largest absolute Gasteiger partial charge is 0.384 e. The average Bonchev–Trinajstić information content (AvgIpc) is 2.26. The van der Waals surface area contributed by atoms with E-state index in [1.54, 1.807) is 11.6 Å². The highest BCUT2D eigenvalue weighted by molar-refractivity contribution is 5.25. The standard InChI is InChI=1S/C14H21N/c1-5-12(4)10-15-14-8-6-13(7-9-14)11(2)3/h5-6,8,11,15H,1,4,7,9-10H2,2-3H3. The molecule has 0 unspecified atom stereocenters. The summed E-state index contributed by atoms with van der Waals surface area (Å²) in [5.74, 6) is 0.672. The Kier molecular flexibility index (Phi) is 4.41. The zero-order valence-corrected chi connectivity index (χ0v) is 9.84. The number of rotatable bonds is 5. The van der Waals surface area contributed by atoms with Crippen LogP contribution >= 0.6 is 0 Å². The van der Waals surface area contributed by atoms with Crippen molar-refractivity contribution in [2.75, 3.05) is 6.54 Å². The fourth-order valence-electron chi connectivity index (χ4n) is 1.58. The van der Waals surface area contributed by atoms with Crippen molar-refractivity contribution >= 4 is 0 Å². The molecule has 1 rings (SSSR count). The molecule has 1 nitrogen and oxygen atoms in total. The van der Waals surface area contributed by atoms with Gasteiger partial charge < -0.3 is 5.32 Å². The van der Waals surface area contributed by atoms with Gasteiger partial charge in [-0.1, -0.05) is 44.7 Å². The molecular weight excluding hydrogens is 182 g/mol. The number of allylic oxidation sites excluding steroid dienone is 4. The zero-order chi connectivity index (χ0) is 11.3. The third-order valence-electron chi connectivity index (χ3n) is 2.75. The van der Waals surface area contributed by atoms with Crippen molar-refractivity contribution in [3.63, 3.8) is 0 Å². The van der Waals surface area contributed by atoms with E-state index in [2.05, 4.69) is 44.5 Å². The molecule has 15 heavy (non-hydrogen) atoms. The van der Waals surface area contributed by atoms with Crippen LogP contribution < -0.4 is 5.32 Å². The third kappa shape index (κ3) is 3.78. The summed E-state index contributed by atoms with van der Waals surface area (Å²) in [5, 5.41) is 3.38. The average molecular weight is 203 g/mol. The maximum Gasteiger partial charge on any atom is 0.0391 e. The van der Waals surface area contributed by atoms with Crippen molar-refractivity contribution < 1.29 is 0 Å². The van der Waals surface area contributed by atoms with Crippen LogP contribution in [0.4, 0.5) is 0 Å². The van der Waals surface area contributed by atoms with Crippen molar-refractivity contribution in [2.45, 2.75) is 26.7 Å². The maximum absolute atomic E-state index is 3.88. The van der Waals surface area contributed by atoms with Crippen LogP contribution in [0.5, 0.6) is 0 Å². The second-order valence-corrected chi connectivity index (χ2v) is 4.30. The minimum atomic E-state index is 0.672. The molecule has 1 aliphatic carbocycles. The summed E-state index contributed by atoms with van der Waals surface area (Å²) in [6, 6.07) is 0. The summed E-state index contributed by atoms with van der Waals surface area (Å²) in [5.41, 5.74) is 3.89. The molecule has 1 N–H and O–H groups in total. The van der Waals surface area contributed by atoms with E-state index < -0.39 is 0 Å². The Bertz CT molecular complexity index is 305. The first-order chi connectivity index (χ1) is 7.13. The predicted octanol–water partition coefficient (Wildman–Crippen LogP) is 3.58. The van der Waals surface area contributed by atoms with Crippen molar-refractivity contribution in [3.8, 4) is 0 Å². The van der Waals surface area contributed by atoms with Gasteiger partial charge >= 0.3 is 0 Å². The maximum atomic E-state index is 3.88. The molecule has 0 aromatic rings. The monoisotopic (exact) mass is 203 g/mol. The lowest BCUT2D eigenvalue weighted by atomic mass is 9.93. The van der Waals surface area contributed by atoms with Crippen LogP contribution in [0.3, 0.4) is 0 Å². The minimum Gasteiger partial charge on any atom is -0.384 e. The van der Waals surface area contributed by atoms with Crippen molar-refractivity contribution in [2.24, 2.45) is 5.92 Å². The molecule has 1 aliphatic rings. The van der Waals surface area contributed by atoms with Crippen molar-refractivity contribution in [1.82, 2.24) is 5.32 Å². The molecule has 0 aromatic heterocycles. The van der Waals surface area contributed by atoms with Gasteiger partial charge in [-0.05, 0) is 30.4 Å². The van der Waals surface area contributed by atoms with Gasteiger partial charge in [-0.25, -0.2) is 0 Å². The lowest BCUT2D eigenvalue weighted by Gasteiger charge is -2.18. The summed E-state index contributed by atoms with van der Waals surface area (Å²) in [4.78, 5) is 0. The van der Waals surface area contributed by atoms with E-state index in [4.69, 9.17) is 0 Å². The molecule has 0 saturated carbocycles. The van der Waals surface area contributed by atoms with Crippen LogP contribution in [0, 0.1) is 5.92 Å². The van der Waals surface area contributed by atoms with Gasteiger partial charge in [0.15, 0.2) is 0 Å². The number of hydrogen-bond acceptors (Lipinski definition) is 1. The van der Waals surface area contributed by atoms with E-state index in [9.17, 15) is 0 Å². The normalized spacial score (nSPS) is 15.7. The molecule has 1 heteroatoms. The lowest BCUT2D eigenvalue weighted by Crippen LogP contribution is -2.17. The Morgan fingerprint density at radius 3 is 2.67 bits per heavy atom. The zero-order valence-electron chi connectivity index (χ0n) is 9.84. The van der Waals surface area contributed by atoms with Crippen LogP contribution in [0.25, 0.3) is 0 Å². The molecule has 0 radical (unpaired) electrons. The quantitative estimate of drug-likeness (QED) is 0.673. The molecule has 0 bridgehead atoms. The van der Waals surface area contributed by atoms with Gasteiger partial charge in [0.05, 0.1) is 0 Å². The van der Waals surface area contributed by atoms with Gasteiger partial charge in [0.2, 0.25) is 0 Å². The van der Waals surface area contributed by atoms with E-state index >= 15 is 0 Å². The predicted molar refractivity (Wildman–Crippen MR) is 67.6 cm³/mol. The number of hydrogen-bond donors (Lipinski definition) is 1. The molecule has 0 spiro atoms. The highest BCUT2D eigenvalue weighted by atomic mass is 14.9. The highest BCUT2D eigenvalue weighted by Crippen LogP contribution is 2.22. The highest BCUT2D eigenvalue weighted by Gasteiger charge is 2.08. The second-order valence-electron chi connectivity index (χ2n) is 4.30. The van der Waals surface area contributed by atoms with Crippen molar-refractivity contribution in [1.29, 1.82) is 0 Å². The molecule has 0 amide bonds. The molecule has 0 fully saturated rings. The van der Waals surface area contributed by atoms with Crippen LogP contribution in [-0.4, -0.2) is 6.54 Å². The summed E-state index contributed by atoms with van der Waals surface area (Å²) in [7, 11) is 0.